The molecule has 0 atom stereocenters. The maximum Gasteiger partial charge on any atom is 0.0991 e. The van der Waals surface area contributed by atoms with E-state index in [1.165, 1.54) is 40.6 Å². The molecule has 3 nitrogen and oxygen atoms in total. The van der Waals surface area contributed by atoms with Crippen LogP contribution < -0.4 is 0 Å². The molecule has 0 saturated carbocycles. The molecular formula is C28H27N3. The number of nitrogens with zero attached hydrogens (tertiary/aromatic N) is 2. The van der Waals surface area contributed by atoms with Crippen LogP contribution in [0.15, 0.2) is 78.9 Å². The van der Waals surface area contributed by atoms with Gasteiger partial charge in [0.2, 0.25) is 0 Å². The highest BCUT2D eigenvalue weighted by Crippen LogP contribution is 2.40. The number of likely N-dealkylation sites (tertiary alicyclic amines) is 1. The van der Waals surface area contributed by atoms with Gasteiger partial charge in [0.25, 0.3) is 0 Å². The lowest BCUT2D eigenvalue weighted by Gasteiger charge is -2.32. The lowest BCUT2D eigenvalue weighted by atomic mass is 9.86. The van der Waals surface area contributed by atoms with Crippen LogP contribution in [-0.4, -0.2) is 29.5 Å². The molecule has 0 spiro atoms. The highest BCUT2D eigenvalue weighted by Gasteiger charge is 2.26. The van der Waals surface area contributed by atoms with Crippen molar-refractivity contribution in [2.45, 2.75) is 25.2 Å². The molecule has 31 heavy (non-hydrogen) atoms. The molecule has 2 heterocycles. The van der Waals surface area contributed by atoms with Gasteiger partial charge in [-0.25, -0.2) is 0 Å². The standard InChI is InChI=1S/C28H27N3/c29-20-22-9-6-10-24(19-22)28-27(25-11-4-5-12-26(25)30-28)23-14-17-31(18-15-23)16-13-21-7-2-1-3-8-21/h1-12,19,23,30H,13-18H2. The minimum atomic E-state index is 0.532. The van der Waals surface area contributed by atoms with E-state index in [1.54, 1.807) is 0 Å². The van der Waals surface area contributed by atoms with Crippen molar-refractivity contribution in [3.8, 4) is 17.3 Å². The second-order valence-corrected chi connectivity index (χ2v) is 8.50. The third-order valence-corrected chi connectivity index (χ3v) is 6.58. The summed E-state index contributed by atoms with van der Waals surface area (Å²) < 4.78 is 0. The highest BCUT2D eigenvalue weighted by molar-refractivity contribution is 5.91. The fraction of sp³-hybridized carbons (Fsp3) is 0.250. The smallest absolute Gasteiger partial charge is 0.0991 e. The number of aromatic nitrogens is 1. The van der Waals surface area contributed by atoms with Gasteiger partial charge in [-0.05, 0) is 73.2 Å². The molecule has 0 aliphatic carbocycles. The van der Waals surface area contributed by atoms with Crippen molar-refractivity contribution in [1.82, 2.24) is 9.88 Å². The van der Waals surface area contributed by atoms with Crippen molar-refractivity contribution < 1.29 is 0 Å². The van der Waals surface area contributed by atoms with Gasteiger partial charge >= 0.3 is 0 Å². The first-order chi connectivity index (χ1) is 15.3. The summed E-state index contributed by atoms with van der Waals surface area (Å²) in [6.45, 7) is 3.39. The van der Waals surface area contributed by atoms with E-state index in [0.29, 0.717) is 11.5 Å². The molecule has 0 radical (unpaired) electrons. The Morgan fingerprint density at radius 2 is 1.68 bits per heavy atom. The van der Waals surface area contributed by atoms with E-state index < -0.39 is 0 Å². The topological polar surface area (TPSA) is 42.8 Å². The van der Waals surface area contributed by atoms with Gasteiger partial charge in [-0.1, -0.05) is 60.7 Å². The van der Waals surface area contributed by atoms with Crippen LogP contribution >= 0.6 is 0 Å². The molecule has 5 rings (SSSR count). The van der Waals surface area contributed by atoms with Crippen molar-refractivity contribution in [2.75, 3.05) is 19.6 Å². The van der Waals surface area contributed by atoms with Crippen LogP contribution in [0.3, 0.4) is 0 Å². The predicted molar refractivity (Wildman–Crippen MR) is 127 cm³/mol. The van der Waals surface area contributed by atoms with E-state index in [0.717, 1.165) is 31.6 Å². The molecule has 1 saturated heterocycles. The zero-order valence-corrected chi connectivity index (χ0v) is 17.7. The largest absolute Gasteiger partial charge is 0.354 e. The summed E-state index contributed by atoms with van der Waals surface area (Å²) in [4.78, 5) is 6.27. The summed E-state index contributed by atoms with van der Waals surface area (Å²) >= 11 is 0. The summed E-state index contributed by atoms with van der Waals surface area (Å²) in [6, 6.07) is 29.6. The van der Waals surface area contributed by atoms with E-state index in [4.69, 9.17) is 0 Å². The van der Waals surface area contributed by atoms with Crippen molar-refractivity contribution in [1.29, 1.82) is 5.26 Å². The average molecular weight is 406 g/mol. The van der Waals surface area contributed by atoms with E-state index in [2.05, 4.69) is 76.6 Å². The number of nitriles is 1. The predicted octanol–water partition coefficient (Wildman–Crippen LogP) is 6.13. The minimum Gasteiger partial charge on any atom is -0.354 e. The number of H-pyrrole nitrogens is 1. The number of nitrogens with one attached hydrogen (secondary N) is 1. The van der Waals surface area contributed by atoms with Crippen molar-refractivity contribution >= 4 is 10.9 Å². The van der Waals surface area contributed by atoms with Crippen LogP contribution in [0.25, 0.3) is 22.2 Å². The summed E-state index contributed by atoms with van der Waals surface area (Å²) in [5, 5.41) is 10.7. The first-order valence-electron chi connectivity index (χ1n) is 11.2. The van der Waals surface area contributed by atoms with E-state index in [-0.39, 0.29) is 0 Å². The number of aromatic amines is 1. The van der Waals surface area contributed by atoms with E-state index in [9.17, 15) is 5.26 Å². The Kier molecular flexibility index (Phi) is 5.56. The number of fused-ring (bicyclic) bond motifs is 1. The van der Waals surface area contributed by atoms with Gasteiger partial charge in [-0.15, -0.1) is 0 Å². The number of para-hydroxylation sites is 1. The first-order valence-corrected chi connectivity index (χ1v) is 11.2. The molecule has 0 bridgehead atoms. The Labute approximate surface area is 184 Å². The maximum absolute atomic E-state index is 9.36. The number of hydrogen-bond acceptors (Lipinski definition) is 2. The Bertz CT molecular complexity index is 1210. The molecule has 154 valence electrons. The Morgan fingerprint density at radius 1 is 0.903 bits per heavy atom. The Hall–Kier alpha value is -3.35. The fourth-order valence-electron chi connectivity index (χ4n) is 4.94. The quantitative estimate of drug-likeness (QED) is 0.434. The van der Waals surface area contributed by atoms with Crippen molar-refractivity contribution in [2.24, 2.45) is 0 Å². The van der Waals surface area contributed by atoms with Crippen LogP contribution in [0.5, 0.6) is 0 Å². The molecule has 3 heteroatoms. The van der Waals surface area contributed by atoms with Gasteiger partial charge < -0.3 is 9.88 Å². The van der Waals surface area contributed by atoms with Gasteiger partial charge in [0.1, 0.15) is 0 Å². The number of hydrogen-bond donors (Lipinski definition) is 1. The van der Waals surface area contributed by atoms with E-state index >= 15 is 0 Å². The van der Waals surface area contributed by atoms with E-state index in [1.807, 2.05) is 18.2 Å². The molecule has 0 unspecified atom stereocenters. The summed E-state index contributed by atoms with van der Waals surface area (Å²) in [7, 11) is 0. The van der Waals surface area contributed by atoms with Gasteiger partial charge in [0.15, 0.2) is 0 Å². The van der Waals surface area contributed by atoms with Crippen molar-refractivity contribution in [3.05, 3.63) is 95.6 Å². The first kappa shape index (κ1) is 19.6. The lowest BCUT2D eigenvalue weighted by Crippen LogP contribution is -2.34. The average Bonchev–Trinajstić information content (AvgIpc) is 3.23. The van der Waals surface area contributed by atoms with Gasteiger partial charge in [0, 0.05) is 17.4 Å². The minimum absolute atomic E-state index is 0.532. The third kappa shape index (κ3) is 4.13. The summed E-state index contributed by atoms with van der Waals surface area (Å²) in [5.74, 6) is 0.532. The van der Waals surface area contributed by atoms with Crippen molar-refractivity contribution in [3.63, 3.8) is 0 Å². The number of piperidine rings is 1. The van der Waals surface area contributed by atoms with Gasteiger partial charge in [-0.2, -0.15) is 5.26 Å². The Balaban J connectivity index is 1.38. The van der Waals surface area contributed by atoms with Crippen LogP contribution in [0, 0.1) is 11.3 Å². The SMILES string of the molecule is N#Cc1cccc(-c2[nH]c3ccccc3c2C2CCN(CCc3ccccc3)CC2)c1. The second-order valence-electron chi connectivity index (χ2n) is 8.50. The lowest BCUT2D eigenvalue weighted by molar-refractivity contribution is 0.215. The molecule has 4 aromatic rings. The zero-order chi connectivity index (χ0) is 21.0. The van der Waals surface area contributed by atoms with Crippen LogP contribution in [0.1, 0.15) is 35.4 Å². The monoisotopic (exact) mass is 405 g/mol. The summed E-state index contributed by atoms with van der Waals surface area (Å²) in [6.07, 6.45) is 3.45. The van der Waals surface area contributed by atoms with Gasteiger partial charge in [-0.3, -0.25) is 0 Å². The molecular weight excluding hydrogens is 378 g/mol. The molecule has 1 N–H and O–H groups in total. The second kappa shape index (κ2) is 8.79. The number of rotatable bonds is 5. The van der Waals surface area contributed by atoms with Gasteiger partial charge in [0.05, 0.1) is 17.3 Å². The molecule has 0 amide bonds. The summed E-state index contributed by atoms with van der Waals surface area (Å²) in [5.41, 5.74) is 7.02. The third-order valence-electron chi connectivity index (χ3n) is 6.58. The van der Waals surface area contributed by atoms with Crippen LogP contribution in [-0.2, 0) is 6.42 Å². The normalized spacial score (nSPS) is 15.2. The fourth-order valence-corrected chi connectivity index (χ4v) is 4.94. The molecule has 1 aliphatic heterocycles. The van der Waals surface area contributed by atoms with Crippen LogP contribution in [0.4, 0.5) is 0 Å². The Morgan fingerprint density at radius 3 is 2.48 bits per heavy atom. The molecule has 1 fully saturated rings. The number of benzene rings is 3. The molecule has 3 aromatic carbocycles. The molecule has 1 aromatic heterocycles. The zero-order valence-electron chi connectivity index (χ0n) is 17.7. The highest BCUT2D eigenvalue weighted by atomic mass is 15.1. The molecule has 1 aliphatic rings. The van der Waals surface area contributed by atoms with Crippen LogP contribution in [0.2, 0.25) is 0 Å². The maximum atomic E-state index is 9.36.